The molecular weight excluding hydrogens is 226 g/mol. The summed E-state index contributed by atoms with van der Waals surface area (Å²) in [6, 6.07) is 6.46. The van der Waals surface area contributed by atoms with Crippen LogP contribution in [0.25, 0.3) is 0 Å². The second-order valence-corrected chi connectivity index (χ2v) is 5.17. The van der Waals surface area contributed by atoms with Gasteiger partial charge in [-0.25, -0.2) is 0 Å². The van der Waals surface area contributed by atoms with Crippen LogP contribution >= 0.6 is 0 Å². The Balaban J connectivity index is 2.86. The highest BCUT2D eigenvalue weighted by molar-refractivity contribution is 5.39. The van der Waals surface area contributed by atoms with Crippen LogP contribution in [0.1, 0.15) is 37.9 Å². The molecular formula is C15H25NO2. The summed E-state index contributed by atoms with van der Waals surface area (Å²) in [6.45, 7) is 8.50. The standard InChI is InChI=1S/C15H25NO2/c1-10(2)14(9-17)16-12(4)13-7-6-11(3)8-15(13)18-5/h6-8,10,12,14,16-17H,9H2,1-5H3. The lowest BCUT2D eigenvalue weighted by molar-refractivity contribution is 0.200. The van der Waals surface area contributed by atoms with Crippen molar-refractivity contribution in [1.82, 2.24) is 5.32 Å². The zero-order chi connectivity index (χ0) is 13.7. The summed E-state index contributed by atoms with van der Waals surface area (Å²) < 4.78 is 5.42. The van der Waals surface area contributed by atoms with Gasteiger partial charge in [0.05, 0.1) is 13.7 Å². The van der Waals surface area contributed by atoms with E-state index >= 15 is 0 Å². The fraction of sp³-hybridized carbons (Fsp3) is 0.600. The number of aryl methyl sites for hydroxylation is 1. The summed E-state index contributed by atoms with van der Waals surface area (Å²) in [5.74, 6) is 1.30. The van der Waals surface area contributed by atoms with E-state index in [0.29, 0.717) is 5.92 Å². The summed E-state index contributed by atoms with van der Waals surface area (Å²) in [5, 5.41) is 12.8. The molecule has 1 aromatic carbocycles. The third-order valence-electron chi connectivity index (χ3n) is 3.32. The van der Waals surface area contributed by atoms with Gasteiger partial charge in [-0.3, -0.25) is 0 Å². The highest BCUT2D eigenvalue weighted by Gasteiger charge is 2.18. The quantitative estimate of drug-likeness (QED) is 0.816. The van der Waals surface area contributed by atoms with Gasteiger partial charge in [-0.15, -0.1) is 0 Å². The molecule has 2 unspecified atom stereocenters. The Bertz CT molecular complexity index is 377. The number of methoxy groups -OCH3 is 1. The summed E-state index contributed by atoms with van der Waals surface area (Å²) in [5.41, 5.74) is 2.31. The lowest BCUT2D eigenvalue weighted by atomic mass is 10.0. The first kappa shape index (κ1) is 15.0. The molecule has 0 saturated heterocycles. The SMILES string of the molecule is COc1cc(C)ccc1C(C)NC(CO)C(C)C. The molecule has 0 aliphatic heterocycles. The zero-order valence-electron chi connectivity index (χ0n) is 12.0. The van der Waals surface area contributed by atoms with E-state index in [-0.39, 0.29) is 18.7 Å². The second-order valence-electron chi connectivity index (χ2n) is 5.17. The lowest BCUT2D eigenvalue weighted by Gasteiger charge is -2.26. The van der Waals surface area contributed by atoms with E-state index in [0.717, 1.165) is 11.3 Å². The first-order valence-corrected chi connectivity index (χ1v) is 6.51. The molecule has 0 radical (unpaired) electrons. The third kappa shape index (κ3) is 3.72. The Kier molecular flexibility index (Phi) is 5.63. The van der Waals surface area contributed by atoms with Gasteiger partial charge >= 0.3 is 0 Å². The number of hydrogen-bond donors (Lipinski definition) is 2. The van der Waals surface area contributed by atoms with E-state index in [4.69, 9.17) is 4.74 Å². The molecule has 102 valence electrons. The van der Waals surface area contributed by atoms with Gasteiger partial charge in [-0.2, -0.15) is 0 Å². The molecule has 0 aliphatic carbocycles. The van der Waals surface area contributed by atoms with Crippen molar-refractivity contribution in [1.29, 1.82) is 0 Å². The predicted molar refractivity (Wildman–Crippen MR) is 75.0 cm³/mol. The third-order valence-corrected chi connectivity index (χ3v) is 3.32. The Hall–Kier alpha value is -1.06. The van der Waals surface area contributed by atoms with Crippen LogP contribution in [-0.4, -0.2) is 24.9 Å². The summed E-state index contributed by atoms with van der Waals surface area (Å²) in [4.78, 5) is 0. The second kappa shape index (κ2) is 6.76. The Labute approximate surface area is 110 Å². The largest absolute Gasteiger partial charge is 0.496 e. The minimum Gasteiger partial charge on any atom is -0.496 e. The topological polar surface area (TPSA) is 41.5 Å². The summed E-state index contributed by atoms with van der Waals surface area (Å²) >= 11 is 0. The molecule has 18 heavy (non-hydrogen) atoms. The fourth-order valence-electron chi connectivity index (χ4n) is 2.04. The van der Waals surface area contributed by atoms with E-state index in [1.54, 1.807) is 7.11 Å². The van der Waals surface area contributed by atoms with Crippen molar-refractivity contribution in [3.05, 3.63) is 29.3 Å². The van der Waals surface area contributed by atoms with Gasteiger partial charge in [0, 0.05) is 17.6 Å². The van der Waals surface area contributed by atoms with Crippen molar-refractivity contribution in [3.63, 3.8) is 0 Å². The van der Waals surface area contributed by atoms with E-state index in [1.807, 2.05) is 6.07 Å². The molecule has 0 bridgehead atoms. The molecule has 0 aliphatic rings. The van der Waals surface area contributed by atoms with Crippen LogP contribution in [0.2, 0.25) is 0 Å². The minimum absolute atomic E-state index is 0.103. The van der Waals surface area contributed by atoms with Crippen LogP contribution in [-0.2, 0) is 0 Å². The van der Waals surface area contributed by atoms with Crippen LogP contribution in [0.5, 0.6) is 5.75 Å². The molecule has 0 aromatic heterocycles. The highest BCUT2D eigenvalue weighted by atomic mass is 16.5. The average Bonchev–Trinajstić information content (AvgIpc) is 2.34. The number of rotatable bonds is 6. The molecule has 0 heterocycles. The molecule has 3 heteroatoms. The van der Waals surface area contributed by atoms with Gasteiger partial charge in [0.2, 0.25) is 0 Å². The maximum atomic E-state index is 9.37. The van der Waals surface area contributed by atoms with Gasteiger partial charge in [0.1, 0.15) is 5.75 Å². The van der Waals surface area contributed by atoms with Gasteiger partial charge < -0.3 is 15.2 Å². The van der Waals surface area contributed by atoms with E-state index in [1.165, 1.54) is 5.56 Å². The Morgan fingerprint density at radius 2 is 1.94 bits per heavy atom. The molecule has 0 spiro atoms. The molecule has 2 N–H and O–H groups in total. The van der Waals surface area contributed by atoms with Crippen LogP contribution in [0.15, 0.2) is 18.2 Å². The van der Waals surface area contributed by atoms with Crippen LogP contribution in [0.3, 0.4) is 0 Å². The van der Waals surface area contributed by atoms with E-state index in [9.17, 15) is 5.11 Å². The lowest BCUT2D eigenvalue weighted by Crippen LogP contribution is -2.38. The summed E-state index contributed by atoms with van der Waals surface area (Å²) in [6.07, 6.45) is 0. The number of aliphatic hydroxyl groups is 1. The average molecular weight is 251 g/mol. The Morgan fingerprint density at radius 1 is 1.28 bits per heavy atom. The van der Waals surface area contributed by atoms with Crippen LogP contribution in [0, 0.1) is 12.8 Å². The molecule has 3 nitrogen and oxygen atoms in total. The molecule has 0 fully saturated rings. The van der Waals surface area contributed by atoms with Crippen molar-refractivity contribution in [2.45, 2.75) is 39.8 Å². The monoisotopic (exact) mass is 251 g/mol. The first-order valence-electron chi connectivity index (χ1n) is 6.51. The maximum absolute atomic E-state index is 9.37. The van der Waals surface area contributed by atoms with Crippen molar-refractivity contribution in [3.8, 4) is 5.75 Å². The molecule has 1 rings (SSSR count). The van der Waals surface area contributed by atoms with Gasteiger partial charge in [0.25, 0.3) is 0 Å². The molecule has 0 saturated carbocycles. The van der Waals surface area contributed by atoms with Crippen LogP contribution < -0.4 is 10.1 Å². The van der Waals surface area contributed by atoms with Crippen molar-refractivity contribution >= 4 is 0 Å². The minimum atomic E-state index is 0.103. The molecule has 2 atom stereocenters. The van der Waals surface area contributed by atoms with Crippen LogP contribution in [0.4, 0.5) is 0 Å². The van der Waals surface area contributed by atoms with Gasteiger partial charge in [-0.05, 0) is 31.4 Å². The predicted octanol–water partition coefficient (Wildman–Crippen LogP) is 2.67. The number of aliphatic hydroxyl groups excluding tert-OH is 1. The first-order chi connectivity index (χ1) is 8.49. The number of nitrogens with one attached hydrogen (secondary N) is 1. The normalized spacial score (nSPS) is 14.6. The molecule has 1 aromatic rings. The maximum Gasteiger partial charge on any atom is 0.123 e. The number of benzene rings is 1. The van der Waals surface area contributed by atoms with E-state index < -0.39 is 0 Å². The number of hydrogen-bond acceptors (Lipinski definition) is 3. The smallest absolute Gasteiger partial charge is 0.123 e. The fourth-order valence-corrected chi connectivity index (χ4v) is 2.04. The van der Waals surface area contributed by atoms with Gasteiger partial charge in [-0.1, -0.05) is 26.0 Å². The van der Waals surface area contributed by atoms with Crippen molar-refractivity contribution in [2.75, 3.05) is 13.7 Å². The number of ether oxygens (including phenoxy) is 1. The van der Waals surface area contributed by atoms with Crippen molar-refractivity contribution in [2.24, 2.45) is 5.92 Å². The molecule has 0 amide bonds. The zero-order valence-corrected chi connectivity index (χ0v) is 12.0. The van der Waals surface area contributed by atoms with E-state index in [2.05, 4.69) is 45.1 Å². The van der Waals surface area contributed by atoms with Gasteiger partial charge in [0.15, 0.2) is 0 Å². The van der Waals surface area contributed by atoms with Crippen molar-refractivity contribution < 1.29 is 9.84 Å². The Morgan fingerprint density at radius 3 is 2.44 bits per heavy atom. The summed E-state index contributed by atoms with van der Waals surface area (Å²) in [7, 11) is 1.69. The highest BCUT2D eigenvalue weighted by Crippen LogP contribution is 2.26.